The van der Waals surface area contributed by atoms with Gasteiger partial charge < -0.3 is 0 Å². The average molecular weight is 450 g/mol. The molecule has 6 amide bonds. The molecule has 4 rings (SSSR count). The Kier molecular flexibility index (Phi) is 14.1. The molecule has 0 aliphatic carbocycles. The minimum atomic E-state index is -0.241. The standard InChI is InChI=1S/C9H7NO2.C5H7NO2.C5H5NO2.4CH4/c1-10-8(11)6-4-2-3-5-7(6)9(10)12;2*1-6-4(7)2-3-5(6)8;;;;/h2-5H,1H3;2-3H2,1H3;2-3H,1H3;4*1H4. The van der Waals surface area contributed by atoms with Crippen molar-refractivity contribution in [2.45, 2.75) is 42.5 Å². The van der Waals surface area contributed by atoms with E-state index < -0.39 is 0 Å². The molecule has 9 heteroatoms. The van der Waals surface area contributed by atoms with Gasteiger partial charge in [-0.15, -0.1) is 0 Å². The molecule has 1 saturated heterocycles. The molecule has 3 aliphatic heterocycles. The van der Waals surface area contributed by atoms with Crippen LogP contribution in [0.5, 0.6) is 0 Å². The third kappa shape index (κ3) is 6.97. The normalized spacial score (nSPS) is 15.4. The molecule has 0 aromatic heterocycles. The number of hydrogen-bond donors (Lipinski definition) is 0. The van der Waals surface area contributed by atoms with Gasteiger partial charge in [0.1, 0.15) is 0 Å². The molecule has 0 spiro atoms. The molecule has 1 aromatic rings. The van der Waals surface area contributed by atoms with E-state index in [1.165, 1.54) is 38.2 Å². The van der Waals surface area contributed by atoms with Gasteiger partial charge >= 0.3 is 0 Å². The Bertz CT molecular complexity index is 838. The van der Waals surface area contributed by atoms with Crippen molar-refractivity contribution < 1.29 is 28.8 Å². The van der Waals surface area contributed by atoms with Crippen LogP contribution in [0, 0.1) is 0 Å². The summed E-state index contributed by atoms with van der Waals surface area (Å²) in [5.41, 5.74) is 1.01. The zero-order chi connectivity index (χ0) is 21.0. The van der Waals surface area contributed by atoms with Gasteiger partial charge in [-0.25, -0.2) is 0 Å². The fraction of sp³-hybridized carbons (Fsp3) is 0.391. The number of imide groups is 3. The molecule has 3 aliphatic rings. The first-order valence-electron chi connectivity index (χ1n) is 8.35. The molecule has 9 nitrogen and oxygen atoms in total. The van der Waals surface area contributed by atoms with E-state index in [0.717, 1.165) is 9.80 Å². The van der Waals surface area contributed by atoms with E-state index in [9.17, 15) is 28.8 Å². The van der Waals surface area contributed by atoms with E-state index >= 15 is 0 Å². The number of carbonyl (C=O) groups excluding carboxylic acids is 6. The number of rotatable bonds is 0. The highest BCUT2D eigenvalue weighted by atomic mass is 16.2. The molecule has 0 unspecified atom stereocenters. The molecule has 1 aromatic carbocycles. The quantitative estimate of drug-likeness (QED) is 0.563. The van der Waals surface area contributed by atoms with Crippen LogP contribution < -0.4 is 0 Å². The number of likely N-dealkylation sites (tertiary alicyclic amines) is 1. The maximum absolute atomic E-state index is 11.3. The van der Waals surface area contributed by atoms with Crippen LogP contribution in [-0.4, -0.2) is 71.3 Å². The van der Waals surface area contributed by atoms with Crippen LogP contribution in [0.4, 0.5) is 0 Å². The fourth-order valence-corrected chi connectivity index (χ4v) is 2.47. The van der Waals surface area contributed by atoms with Crippen LogP contribution in [-0.2, 0) is 19.2 Å². The molecule has 1 fully saturated rings. The summed E-state index contributed by atoms with van der Waals surface area (Å²) in [7, 11) is 4.45. The van der Waals surface area contributed by atoms with Gasteiger partial charge in [-0.3, -0.25) is 43.5 Å². The van der Waals surface area contributed by atoms with Crippen LogP contribution in [0.25, 0.3) is 0 Å². The van der Waals surface area contributed by atoms with Crippen LogP contribution in [0.1, 0.15) is 63.3 Å². The summed E-state index contributed by atoms with van der Waals surface area (Å²) in [6.45, 7) is 0. The van der Waals surface area contributed by atoms with Gasteiger partial charge in [0, 0.05) is 46.1 Å². The summed E-state index contributed by atoms with van der Waals surface area (Å²) in [6.07, 6.45) is 3.30. The number of amides is 6. The first-order valence-corrected chi connectivity index (χ1v) is 8.35. The Hall–Kier alpha value is -3.62. The van der Waals surface area contributed by atoms with E-state index in [-0.39, 0.29) is 65.1 Å². The molecular formula is C23H35N3O6. The van der Waals surface area contributed by atoms with Crippen molar-refractivity contribution in [1.29, 1.82) is 0 Å². The smallest absolute Gasteiger partial charge is 0.261 e. The summed E-state index contributed by atoms with van der Waals surface area (Å²) in [5.74, 6) is -1.03. The van der Waals surface area contributed by atoms with Crippen molar-refractivity contribution in [3.63, 3.8) is 0 Å². The van der Waals surface area contributed by atoms with Crippen molar-refractivity contribution in [2.75, 3.05) is 21.1 Å². The van der Waals surface area contributed by atoms with Crippen molar-refractivity contribution in [3.8, 4) is 0 Å². The summed E-state index contributed by atoms with van der Waals surface area (Å²) >= 11 is 0. The van der Waals surface area contributed by atoms with Crippen molar-refractivity contribution in [1.82, 2.24) is 14.7 Å². The maximum Gasteiger partial charge on any atom is 0.261 e. The molecule has 178 valence electrons. The zero-order valence-corrected chi connectivity index (χ0v) is 15.7. The fourth-order valence-electron chi connectivity index (χ4n) is 2.47. The first kappa shape index (κ1) is 33.0. The molecule has 0 bridgehead atoms. The lowest BCUT2D eigenvalue weighted by atomic mass is 10.1. The SMILES string of the molecule is C.C.C.C.CN1C(=O)C=CC1=O.CN1C(=O)CCC1=O.CN1C(=O)c2ccccc2C1=O. The van der Waals surface area contributed by atoms with Gasteiger partial charge in [0.15, 0.2) is 0 Å². The largest absolute Gasteiger partial charge is 0.286 e. The second kappa shape index (κ2) is 13.6. The summed E-state index contributed by atoms with van der Waals surface area (Å²) in [5, 5.41) is 0. The summed E-state index contributed by atoms with van der Waals surface area (Å²) in [4.78, 5) is 67.8. The molecule has 3 heterocycles. The van der Waals surface area contributed by atoms with E-state index in [2.05, 4.69) is 0 Å². The predicted molar refractivity (Wildman–Crippen MR) is 124 cm³/mol. The monoisotopic (exact) mass is 449 g/mol. The number of likely N-dealkylation sites (N-methyl/N-ethyl adjacent to an activating group) is 1. The maximum atomic E-state index is 11.3. The number of fused-ring (bicyclic) bond motifs is 1. The van der Waals surface area contributed by atoms with Gasteiger partial charge in [-0.1, -0.05) is 41.8 Å². The van der Waals surface area contributed by atoms with E-state index in [1.807, 2.05) is 0 Å². The van der Waals surface area contributed by atoms with Gasteiger partial charge in [-0.05, 0) is 12.1 Å². The van der Waals surface area contributed by atoms with Crippen LogP contribution in [0.3, 0.4) is 0 Å². The van der Waals surface area contributed by atoms with Crippen molar-refractivity contribution in [3.05, 3.63) is 47.5 Å². The second-order valence-corrected chi connectivity index (χ2v) is 6.13. The molecule has 32 heavy (non-hydrogen) atoms. The predicted octanol–water partition coefficient (Wildman–Crippen LogP) is 2.76. The van der Waals surface area contributed by atoms with Gasteiger partial charge in [0.2, 0.25) is 11.8 Å². The van der Waals surface area contributed by atoms with Gasteiger partial charge in [0.05, 0.1) is 11.1 Å². The van der Waals surface area contributed by atoms with Crippen LogP contribution in [0.15, 0.2) is 36.4 Å². The van der Waals surface area contributed by atoms with E-state index in [1.54, 1.807) is 24.3 Å². The second-order valence-electron chi connectivity index (χ2n) is 6.13. The first-order chi connectivity index (χ1) is 13.1. The van der Waals surface area contributed by atoms with Crippen molar-refractivity contribution in [2.24, 2.45) is 0 Å². The molecular weight excluding hydrogens is 414 g/mol. The minimum Gasteiger partial charge on any atom is -0.286 e. The molecule has 0 atom stereocenters. The lowest BCUT2D eigenvalue weighted by Gasteiger charge is -2.02. The molecule has 0 saturated carbocycles. The minimum absolute atomic E-state index is 0. The third-order valence-corrected chi connectivity index (χ3v) is 4.33. The number of nitrogens with zero attached hydrogens (tertiary/aromatic N) is 3. The Morgan fingerprint density at radius 1 is 0.562 bits per heavy atom. The Morgan fingerprint density at radius 2 is 0.906 bits per heavy atom. The lowest BCUT2D eigenvalue weighted by molar-refractivity contribution is -0.137. The van der Waals surface area contributed by atoms with Gasteiger partial charge in [-0.2, -0.15) is 0 Å². The molecule has 0 radical (unpaired) electrons. The van der Waals surface area contributed by atoms with Crippen LogP contribution in [0.2, 0.25) is 0 Å². The van der Waals surface area contributed by atoms with Crippen LogP contribution >= 0.6 is 0 Å². The number of benzene rings is 1. The van der Waals surface area contributed by atoms with Gasteiger partial charge in [0.25, 0.3) is 23.6 Å². The highest BCUT2D eigenvalue weighted by molar-refractivity contribution is 6.21. The lowest BCUT2D eigenvalue weighted by Crippen LogP contribution is -2.24. The number of carbonyl (C=O) groups is 6. The summed E-state index contributed by atoms with van der Waals surface area (Å²) < 4.78 is 0. The van der Waals surface area contributed by atoms with Crippen molar-refractivity contribution >= 4 is 35.4 Å². The average Bonchev–Trinajstić information content (AvgIpc) is 3.24. The highest BCUT2D eigenvalue weighted by Gasteiger charge is 2.31. The summed E-state index contributed by atoms with van der Waals surface area (Å²) in [6, 6.07) is 6.84. The Morgan fingerprint density at radius 3 is 1.12 bits per heavy atom. The third-order valence-electron chi connectivity index (χ3n) is 4.33. The zero-order valence-electron chi connectivity index (χ0n) is 15.7. The topological polar surface area (TPSA) is 112 Å². The highest BCUT2D eigenvalue weighted by Crippen LogP contribution is 2.20. The van der Waals surface area contributed by atoms with E-state index in [0.29, 0.717) is 24.0 Å². The number of hydrogen-bond acceptors (Lipinski definition) is 6. The van der Waals surface area contributed by atoms with E-state index in [4.69, 9.17) is 0 Å². The Balaban J connectivity index is -0.000000382. The molecule has 0 N–H and O–H groups in total. The Labute approximate surface area is 190 Å².